The van der Waals surface area contributed by atoms with Gasteiger partial charge in [-0.3, -0.25) is 4.68 Å². The van der Waals surface area contributed by atoms with Crippen molar-refractivity contribution in [3.63, 3.8) is 0 Å². The van der Waals surface area contributed by atoms with E-state index in [1.54, 1.807) is 0 Å². The van der Waals surface area contributed by atoms with E-state index in [0.29, 0.717) is 0 Å². The number of alkyl halides is 1. The molecular formula is C11H19ClN2. The van der Waals surface area contributed by atoms with Crippen LogP contribution >= 0.6 is 11.6 Å². The third-order valence-corrected chi connectivity index (χ3v) is 3.01. The second-order valence-electron chi connectivity index (χ2n) is 3.77. The van der Waals surface area contributed by atoms with Gasteiger partial charge < -0.3 is 0 Å². The molecular weight excluding hydrogens is 196 g/mol. The summed E-state index contributed by atoms with van der Waals surface area (Å²) in [5.74, 6) is 0.774. The third-order valence-electron chi connectivity index (χ3n) is 2.75. The molecule has 0 spiro atoms. The van der Waals surface area contributed by atoms with Crippen molar-refractivity contribution in [3.05, 3.63) is 17.0 Å². The first-order valence-corrected chi connectivity index (χ1v) is 5.77. The normalized spacial score (nSPS) is 10.9. The maximum absolute atomic E-state index is 5.62. The minimum atomic E-state index is 0.774. The van der Waals surface area contributed by atoms with Crippen molar-refractivity contribution < 1.29 is 0 Å². The van der Waals surface area contributed by atoms with Gasteiger partial charge in [0.15, 0.2) is 0 Å². The number of nitrogens with zero attached hydrogens (tertiary/aromatic N) is 2. The Kier molecular flexibility index (Phi) is 4.46. The Hall–Kier alpha value is -0.500. The van der Waals surface area contributed by atoms with Gasteiger partial charge in [-0.15, -0.1) is 11.6 Å². The molecule has 1 rings (SSSR count). The summed E-state index contributed by atoms with van der Waals surface area (Å²) in [6.45, 7) is 7.36. The first kappa shape index (κ1) is 11.6. The van der Waals surface area contributed by atoms with Crippen molar-refractivity contribution in [1.29, 1.82) is 0 Å². The molecule has 1 heterocycles. The van der Waals surface area contributed by atoms with E-state index >= 15 is 0 Å². The number of aromatic nitrogens is 2. The zero-order valence-electron chi connectivity index (χ0n) is 9.31. The highest BCUT2D eigenvalue weighted by Crippen LogP contribution is 2.12. The third kappa shape index (κ3) is 2.74. The minimum absolute atomic E-state index is 0.774. The summed E-state index contributed by atoms with van der Waals surface area (Å²) in [6, 6.07) is 0. The average Bonchev–Trinajstić information content (AvgIpc) is 2.41. The van der Waals surface area contributed by atoms with Crippen LogP contribution in [0.3, 0.4) is 0 Å². The molecule has 0 radical (unpaired) electrons. The second-order valence-corrected chi connectivity index (χ2v) is 4.15. The smallest absolute Gasteiger partial charge is 0.0625 e. The summed E-state index contributed by atoms with van der Waals surface area (Å²) in [7, 11) is 0. The summed E-state index contributed by atoms with van der Waals surface area (Å²) in [5, 5.41) is 4.49. The Morgan fingerprint density at radius 1 is 1.14 bits per heavy atom. The van der Waals surface area contributed by atoms with E-state index in [-0.39, 0.29) is 0 Å². The van der Waals surface area contributed by atoms with E-state index in [0.717, 1.165) is 24.5 Å². The maximum atomic E-state index is 5.62. The van der Waals surface area contributed by atoms with Gasteiger partial charge in [0.25, 0.3) is 0 Å². The average molecular weight is 215 g/mol. The lowest BCUT2D eigenvalue weighted by molar-refractivity contribution is 0.540. The predicted octanol–water partition coefficient (Wildman–Crippen LogP) is 3.22. The van der Waals surface area contributed by atoms with Crippen LogP contribution in [0.5, 0.6) is 0 Å². The quantitative estimate of drug-likeness (QED) is 0.544. The molecule has 1 aromatic rings. The number of aryl methyl sites for hydroxylation is 2. The Morgan fingerprint density at radius 2 is 1.86 bits per heavy atom. The Morgan fingerprint density at radius 3 is 2.36 bits per heavy atom. The van der Waals surface area contributed by atoms with Crippen LogP contribution in [0.4, 0.5) is 0 Å². The number of hydrogen-bond acceptors (Lipinski definition) is 1. The SMILES string of the molecule is Cc1nn(CCCCCCl)c(C)c1C. The van der Waals surface area contributed by atoms with Crippen molar-refractivity contribution in [1.82, 2.24) is 9.78 Å². The first-order chi connectivity index (χ1) is 6.66. The fourth-order valence-corrected chi connectivity index (χ4v) is 1.73. The van der Waals surface area contributed by atoms with E-state index in [4.69, 9.17) is 11.6 Å². The lowest BCUT2D eigenvalue weighted by atomic mass is 10.2. The molecule has 0 bridgehead atoms. The fraction of sp³-hybridized carbons (Fsp3) is 0.727. The Bertz CT molecular complexity index is 292. The van der Waals surface area contributed by atoms with E-state index in [9.17, 15) is 0 Å². The van der Waals surface area contributed by atoms with E-state index in [1.165, 1.54) is 24.1 Å². The highest BCUT2D eigenvalue weighted by molar-refractivity contribution is 6.17. The van der Waals surface area contributed by atoms with Crippen LogP contribution in [0.2, 0.25) is 0 Å². The minimum Gasteiger partial charge on any atom is -0.269 e. The van der Waals surface area contributed by atoms with Gasteiger partial charge in [0, 0.05) is 18.1 Å². The van der Waals surface area contributed by atoms with Gasteiger partial charge in [0.2, 0.25) is 0 Å². The summed E-state index contributed by atoms with van der Waals surface area (Å²) in [6.07, 6.45) is 3.48. The summed E-state index contributed by atoms with van der Waals surface area (Å²) < 4.78 is 2.11. The molecule has 1 aromatic heterocycles. The Labute approximate surface area is 91.3 Å². The number of hydrogen-bond donors (Lipinski definition) is 0. The van der Waals surface area contributed by atoms with Gasteiger partial charge in [-0.05, 0) is 39.2 Å². The maximum Gasteiger partial charge on any atom is 0.0625 e. The van der Waals surface area contributed by atoms with Crippen molar-refractivity contribution in [3.8, 4) is 0 Å². The molecule has 0 aliphatic rings. The molecule has 0 amide bonds. The highest BCUT2D eigenvalue weighted by atomic mass is 35.5. The highest BCUT2D eigenvalue weighted by Gasteiger charge is 2.05. The van der Waals surface area contributed by atoms with Crippen LogP contribution in [0, 0.1) is 20.8 Å². The standard InChI is InChI=1S/C11H19ClN2/c1-9-10(2)13-14(11(9)3)8-6-4-5-7-12/h4-8H2,1-3H3. The van der Waals surface area contributed by atoms with Gasteiger partial charge in [-0.2, -0.15) is 5.10 Å². The van der Waals surface area contributed by atoms with E-state index < -0.39 is 0 Å². The van der Waals surface area contributed by atoms with Crippen LogP contribution in [0.15, 0.2) is 0 Å². The van der Waals surface area contributed by atoms with Crippen LogP contribution in [-0.2, 0) is 6.54 Å². The summed E-state index contributed by atoms with van der Waals surface area (Å²) in [4.78, 5) is 0. The van der Waals surface area contributed by atoms with Crippen molar-refractivity contribution in [2.24, 2.45) is 0 Å². The van der Waals surface area contributed by atoms with Crippen molar-refractivity contribution >= 4 is 11.6 Å². The Balaban J connectivity index is 2.47. The van der Waals surface area contributed by atoms with Crippen LogP contribution in [0.25, 0.3) is 0 Å². The van der Waals surface area contributed by atoms with Gasteiger partial charge in [-0.1, -0.05) is 6.42 Å². The lowest BCUT2D eigenvalue weighted by Gasteiger charge is -2.03. The van der Waals surface area contributed by atoms with Crippen LogP contribution in [-0.4, -0.2) is 15.7 Å². The monoisotopic (exact) mass is 214 g/mol. The second kappa shape index (κ2) is 5.40. The molecule has 2 nitrogen and oxygen atoms in total. The van der Waals surface area contributed by atoms with Crippen LogP contribution < -0.4 is 0 Å². The van der Waals surface area contributed by atoms with Gasteiger partial charge in [0.05, 0.1) is 5.69 Å². The molecule has 0 fully saturated rings. The van der Waals surface area contributed by atoms with Gasteiger partial charge >= 0.3 is 0 Å². The molecule has 3 heteroatoms. The number of rotatable bonds is 5. The predicted molar refractivity (Wildman–Crippen MR) is 61.0 cm³/mol. The lowest BCUT2D eigenvalue weighted by Crippen LogP contribution is -2.02. The first-order valence-electron chi connectivity index (χ1n) is 5.23. The van der Waals surface area contributed by atoms with E-state index in [1.807, 2.05) is 0 Å². The van der Waals surface area contributed by atoms with E-state index in [2.05, 4.69) is 30.6 Å². The molecule has 0 aliphatic heterocycles. The molecule has 0 aliphatic carbocycles. The summed E-state index contributed by atoms with van der Waals surface area (Å²) in [5.41, 5.74) is 3.77. The van der Waals surface area contributed by atoms with Gasteiger partial charge in [-0.25, -0.2) is 0 Å². The molecule has 0 aromatic carbocycles. The zero-order valence-corrected chi connectivity index (χ0v) is 10.1. The molecule has 0 saturated heterocycles. The van der Waals surface area contributed by atoms with Crippen LogP contribution in [0.1, 0.15) is 36.2 Å². The summed E-state index contributed by atoms with van der Waals surface area (Å²) >= 11 is 5.62. The van der Waals surface area contributed by atoms with Crippen molar-refractivity contribution in [2.45, 2.75) is 46.6 Å². The van der Waals surface area contributed by atoms with Crippen molar-refractivity contribution in [2.75, 3.05) is 5.88 Å². The fourth-order valence-electron chi connectivity index (χ4n) is 1.54. The molecule has 0 saturated carbocycles. The molecule has 14 heavy (non-hydrogen) atoms. The number of unbranched alkanes of at least 4 members (excludes halogenated alkanes) is 2. The molecule has 80 valence electrons. The zero-order chi connectivity index (χ0) is 10.6. The molecule has 0 unspecified atom stereocenters. The van der Waals surface area contributed by atoms with Gasteiger partial charge in [0.1, 0.15) is 0 Å². The largest absolute Gasteiger partial charge is 0.269 e. The molecule has 0 N–H and O–H groups in total. The molecule has 0 atom stereocenters. The topological polar surface area (TPSA) is 17.8 Å². The number of halogens is 1.